The van der Waals surface area contributed by atoms with Gasteiger partial charge in [-0.25, -0.2) is 0 Å². The van der Waals surface area contributed by atoms with Gasteiger partial charge in [0.25, 0.3) is 0 Å². The topological polar surface area (TPSA) is 88.1 Å². The van der Waals surface area contributed by atoms with E-state index in [4.69, 9.17) is 34.7 Å². The van der Waals surface area contributed by atoms with E-state index < -0.39 is 0 Å². The summed E-state index contributed by atoms with van der Waals surface area (Å²) in [5.74, 6) is 0. The van der Waals surface area contributed by atoms with Gasteiger partial charge >= 0.3 is 0 Å². The molecule has 1 aromatic rings. The van der Waals surface area contributed by atoms with E-state index in [2.05, 4.69) is 16.0 Å². The van der Waals surface area contributed by atoms with Gasteiger partial charge in [0.15, 0.2) is 0 Å². The Kier molecular flexibility index (Phi) is 9.74. The minimum atomic E-state index is 0.0926. The Morgan fingerprint density at radius 1 is 0.952 bits per heavy atom. The summed E-state index contributed by atoms with van der Waals surface area (Å²) in [6, 6.07) is 5.56. The summed E-state index contributed by atoms with van der Waals surface area (Å²) >= 11 is 12.1. The molecule has 0 fully saturated rings. The van der Waals surface area contributed by atoms with Gasteiger partial charge in [0.1, 0.15) is 0 Å². The van der Waals surface area contributed by atoms with Crippen LogP contribution in [0.1, 0.15) is 6.42 Å². The van der Waals surface area contributed by atoms with E-state index in [0.29, 0.717) is 16.6 Å². The van der Waals surface area contributed by atoms with Gasteiger partial charge in [-0.1, -0.05) is 29.3 Å². The summed E-state index contributed by atoms with van der Waals surface area (Å²) in [5, 5.41) is 11.2. The van der Waals surface area contributed by atoms with Crippen molar-refractivity contribution in [1.82, 2.24) is 10.6 Å². The molecule has 0 aromatic heterocycles. The lowest BCUT2D eigenvalue weighted by Crippen LogP contribution is -2.35. The molecule has 1 aromatic carbocycles. The molecule has 21 heavy (non-hydrogen) atoms. The van der Waals surface area contributed by atoms with Crippen molar-refractivity contribution < 1.29 is 0 Å². The van der Waals surface area contributed by atoms with Crippen molar-refractivity contribution in [2.75, 3.05) is 44.6 Å². The molecule has 0 saturated heterocycles. The second-order valence-corrected chi connectivity index (χ2v) is 5.62. The average Bonchev–Trinajstić information content (AvgIpc) is 2.47. The van der Waals surface area contributed by atoms with Gasteiger partial charge in [0.2, 0.25) is 0 Å². The number of nitrogens with two attached hydrogens (primary N) is 2. The Morgan fingerprint density at radius 3 is 2.14 bits per heavy atom. The van der Waals surface area contributed by atoms with Crippen LogP contribution in [0.25, 0.3) is 0 Å². The third-order valence-corrected chi connectivity index (χ3v) is 3.67. The lowest BCUT2D eigenvalue weighted by Gasteiger charge is -2.12. The maximum absolute atomic E-state index is 6.07. The minimum Gasteiger partial charge on any atom is -0.381 e. The average molecular weight is 334 g/mol. The number of anilines is 1. The summed E-state index contributed by atoms with van der Waals surface area (Å²) in [6.07, 6.45) is 0.906. The smallest absolute Gasteiger partial charge is 0.0719 e. The molecular formula is C14H25Cl2N5. The predicted octanol–water partition coefficient (Wildman–Crippen LogP) is 1.26. The summed E-state index contributed by atoms with van der Waals surface area (Å²) in [5.41, 5.74) is 12.0. The van der Waals surface area contributed by atoms with Gasteiger partial charge in [0.05, 0.1) is 15.7 Å². The maximum Gasteiger partial charge on any atom is 0.0719 e. The Morgan fingerprint density at radius 2 is 1.52 bits per heavy atom. The highest BCUT2D eigenvalue weighted by atomic mass is 35.5. The number of hydrogen-bond acceptors (Lipinski definition) is 5. The van der Waals surface area contributed by atoms with Gasteiger partial charge in [-0.3, -0.25) is 0 Å². The largest absolute Gasteiger partial charge is 0.381 e. The van der Waals surface area contributed by atoms with Crippen molar-refractivity contribution in [1.29, 1.82) is 0 Å². The number of rotatable bonds is 11. The van der Waals surface area contributed by atoms with Crippen LogP contribution in [0, 0.1) is 0 Å². The fraction of sp³-hybridized carbons (Fsp3) is 0.571. The van der Waals surface area contributed by atoms with Crippen molar-refractivity contribution in [2.24, 2.45) is 11.5 Å². The van der Waals surface area contributed by atoms with E-state index in [9.17, 15) is 0 Å². The van der Waals surface area contributed by atoms with Crippen LogP contribution in [0.15, 0.2) is 18.2 Å². The van der Waals surface area contributed by atoms with Crippen molar-refractivity contribution in [3.05, 3.63) is 28.2 Å². The number of halogens is 2. The van der Waals surface area contributed by atoms with Crippen molar-refractivity contribution >= 4 is 28.9 Å². The molecule has 120 valence electrons. The van der Waals surface area contributed by atoms with Crippen LogP contribution >= 0.6 is 23.2 Å². The van der Waals surface area contributed by atoms with Gasteiger partial charge in [-0.15, -0.1) is 0 Å². The molecule has 0 aliphatic heterocycles. The Bertz CT molecular complexity index is 383. The maximum atomic E-state index is 6.07. The Balaban J connectivity index is 2.00. The third kappa shape index (κ3) is 7.85. The quantitative estimate of drug-likeness (QED) is 0.393. The zero-order valence-electron chi connectivity index (χ0n) is 12.2. The van der Waals surface area contributed by atoms with Crippen molar-refractivity contribution in [3.63, 3.8) is 0 Å². The van der Waals surface area contributed by atoms with Gasteiger partial charge in [0, 0.05) is 38.8 Å². The van der Waals surface area contributed by atoms with E-state index >= 15 is 0 Å². The van der Waals surface area contributed by atoms with E-state index in [1.807, 2.05) is 18.2 Å². The number of para-hydroxylation sites is 1. The van der Waals surface area contributed by atoms with Gasteiger partial charge in [-0.05, 0) is 25.1 Å². The normalized spacial score (nSPS) is 12.4. The van der Waals surface area contributed by atoms with E-state index in [1.54, 1.807) is 0 Å². The third-order valence-electron chi connectivity index (χ3n) is 3.04. The minimum absolute atomic E-state index is 0.0926. The summed E-state index contributed by atoms with van der Waals surface area (Å²) in [7, 11) is 0. The summed E-state index contributed by atoms with van der Waals surface area (Å²) < 4.78 is 0. The van der Waals surface area contributed by atoms with Crippen LogP contribution in [0.4, 0.5) is 5.69 Å². The molecule has 1 unspecified atom stereocenters. The molecule has 0 aliphatic rings. The SMILES string of the molecule is NCC(N)CCNCCNCCNc1c(Cl)cccc1Cl. The lowest BCUT2D eigenvalue weighted by molar-refractivity contribution is 0.553. The Hall–Kier alpha value is -0.560. The van der Waals surface area contributed by atoms with Crippen LogP contribution in [-0.2, 0) is 0 Å². The van der Waals surface area contributed by atoms with Crippen LogP contribution in [0.5, 0.6) is 0 Å². The molecule has 5 nitrogen and oxygen atoms in total. The molecular weight excluding hydrogens is 309 g/mol. The number of nitrogens with one attached hydrogen (secondary N) is 3. The van der Waals surface area contributed by atoms with Crippen LogP contribution in [0.3, 0.4) is 0 Å². The highest BCUT2D eigenvalue weighted by Gasteiger charge is 2.03. The summed E-state index contributed by atoms with van der Waals surface area (Å²) in [4.78, 5) is 0. The highest BCUT2D eigenvalue weighted by molar-refractivity contribution is 6.39. The molecule has 0 amide bonds. The van der Waals surface area contributed by atoms with E-state index in [-0.39, 0.29) is 6.04 Å². The predicted molar refractivity (Wildman–Crippen MR) is 92.3 cm³/mol. The monoisotopic (exact) mass is 333 g/mol. The summed E-state index contributed by atoms with van der Waals surface area (Å²) in [6.45, 7) is 4.84. The number of benzene rings is 1. The van der Waals surface area contributed by atoms with Crippen LogP contribution in [0.2, 0.25) is 10.0 Å². The second kappa shape index (κ2) is 11.1. The van der Waals surface area contributed by atoms with Crippen LogP contribution < -0.4 is 27.4 Å². The highest BCUT2D eigenvalue weighted by Crippen LogP contribution is 2.29. The van der Waals surface area contributed by atoms with Crippen LogP contribution in [-0.4, -0.2) is 45.3 Å². The molecule has 0 bridgehead atoms. The molecule has 1 rings (SSSR count). The van der Waals surface area contributed by atoms with E-state index in [1.165, 1.54) is 0 Å². The fourth-order valence-electron chi connectivity index (χ4n) is 1.77. The zero-order chi connectivity index (χ0) is 15.5. The van der Waals surface area contributed by atoms with Crippen molar-refractivity contribution in [2.45, 2.75) is 12.5 Å². The fourth-order valence-corrected chi connectivity index (χ4v) is 2.31. The number of hydrogen-bond donors (Lipinski definition) is 5. The van der Waals surface area contributed by atoms with Crippen molar-refractivity contribution in [3.8, 4) is 0 Å². The zero-order valence-corrected chi connectivity index (χ0v) is 13.7. The molecule has 0 radical (unpaired) electrons. The first-order chi connectivity index (χ1) is 10.1. The molecule has 0 spiro atoms. The van der Waals surface area contributed by atoms with E-state index in [0.717, 1.165) is 44.8 Å². The second-order valence-electron chi connectivity index (χ2n) is 4.81. The van der Waals surface area contributed by atoms with Gasteiger partial charge in [-0.2, -0.15) is 0 Å². The molecule has 0 heterocycles. The first-order valence-electron chi connectivity index (χ1n) is 7.20. The molecule has 0 aliphatic carbocycles. The molecule has 7 heteroatoms. The molecule has 0 saturated carbocycles. The molecule has 7 N–H and O–H groups in total. The lowest BCUT2D eigenvalue weighted by atomic mass is 10.2. The first-order valence-corrected chi connectivity index (χ1v) is 7.95. The Labute approximate surface area is 136 Å². The molecule has 1 atom stereocenters. The first kappa shape index (κ1) is 18.5. The van der Waals surface area contributed by atoms with Gasteiger partial charge < -0.3 is 27.4 Å². The standard InChI is InChI=1S/C14H25Cl2N5/c15-12-2-1-3-13(16)14(12)21-9-8-20-7-6-19-5-4-11(18)10-17/h1-3,11,19-21H,4-10,17-18H2.